The molecule has 2 N–H and O–H groups in total. The van der Waals surface area contributed by atoms with Crippen LogP contribution in [-0.4, -0.2) is 59.5 Å². The summed E-state index contributed by atoms with van der Waals surface area (Å²) < 4.78 is 4.76. The number of carbonyl (C=O) groups is 4. The predicted molar refractivity (Wildman–Crippen MR) is 94.6 cm³/mol. The smallest absolute Gasteiger partial charge is 0.334 e. The minimum absolute atomic E-state index is 0.0820. The monoisotopic (exact) mass is 374 g/mol. The summed E-state index contributed by atoms with van der Waals surface area (Å²) in [5.41, 5.74) is 0.725. The van der Waals surface area contributed by atoms with Gasteiger partial charge in [-0.1, -0.05) is 19.3 Å². The molecule has 0 saturated heterocycles. The molecule has 3 rings (SSSR count). The lowest BCUT2D eigenvalue weighted by atomic mass is 9.94. The van der Waals surface area contributed by atoms with Crippen molar-refractivity contribution in [3.63, 3.8) is 0 Å². The predicted octanol–water partition coefficient (Wildman–Crippen LogP) is 1.44. The SMILES string of the molecule is COC(CNC(=O)c1ccc2c(c1)C(=O)N(C1CCCCC1)C2=O)C(=O)O. The number of ether oxygens (including phenoxy) is 1. The average molecular weight is 374 g/mol. The molecule has 0 spiro atoms. The van der Waals surface area contributed by atoms with Gasteiger partial charge in [0.1, 0.15) is 0 Å². The van der Waals surface area contributed by atoms with Gasteiger partial charge in [-0.3, -0.25) is 19.3 Å². The number of nitrogens with one attached hydrogen (secondary N) is 1. The van der Waals surface area contributed by atoms with E-state index in [4.69, 9.17) is 9.84 Å². The Hall–Kier alpha value is -2.74. The molecule has 3 amide bonds. The summed E-state index contributed by atoms with van der Waals surface area (Å²) in [7, 11) is 1.24. The third-order valence-electron chi connectivity index (χ3n) is 5.13. The molecule has 1 aromatic carbocycles. The van der Waals surface area contributed by atoms with Gasteiger partial charge in [-0.25, -0.2) is 4.79 Å². The Kier molecular flexibility index (Phi) is 5.55. The van der Waals surface area contributed by atoms with Crippen LogP contribution in [0.15, 0.2) is 18.2 Å². The molecular weight excluding hydrogens is 352 g/mol. The number of aliphatic carboxylic acids is 1. The fraction of sp³-hybridized carbons (Fsp3) is 0.474. The molecule has 1 unspecified atom stereocenters. The first-order chi connectivity index (χ1) is 12.9. The van der Waals surface area contributed by atoms with Gasteiger partial charge < -0.3 is 15.2 Å². The fourth-order valence-corrected chi connectivity index (χ4v) is 3.63. The molecule has 1 aliphatic heterocycles. The average Bonchev–Trinajstić information content (AvgIpc) is 2.92. The second kappa shape index (κ2) is 7.87. The summed E-state index contributed by atoms with van der Waals surface area (Å²) in [6, 6.07) is 4.27. The number of carboxylic acids is 1. The third kappa shape index (κ3) is 3.71. The van der Waals surface area contributed by atoms with E-state index in [2.05, 4.69) is 5.32 Å². The Bertz CT molecular complexity index is 784. The Morgan fingerprint density at radius 2 is 1.85 bits per heavy atom. The number of hydrogen-bond donors (Lipinski definition) is 2. The lowest BCUT2D eigenvalue weighted by Crippen LogP contribution is -2.40. The Labute approximate surface area is 156 Å². The van der Waals surface area contributed by atoms with Gasteiger partial charge in [-0.15, -0.1) is 0 Å². The lowest BCUT2D eigenvalue weighted by Gasteiger charge is -2.29. The molecule has 144 valence electrons. The Balaban J connectivity index is 1.75. The van der Waals surface area contributed by atoms with Crippen molar-refractivity contribution in [1.82, 2.24) is 10.2 Å². The molecule has 8 heteroatoms. The number of methoxy groups -OCH3 is 1. The zero-order valence-corrected chi connectivity index (χ0v) is 15.1. The molecule has 1 aliphatic carbocycles. The van der Waals surface area contributed by atoms with Crippen LogP contribution in [0.25, 0.3) is 0 Å². The van der Waals surface area contributed by atoms with E-state index in [9.17, 15) is 19.2 Å². The summed E-state index contributed by atoms with van der Waals surface area (Å²) in [4.78, 5) is 50.0. The number of amides is 3. The molecule has 27 heavy (non-hydrogen) atoms. The largest absolute Gasteiger partial charge is 0.479 e. The van der Waals surface area contributed by atoms with Gasteiger partial charge in [-0.2, -0.15) is 0 Å². The van der Waals surface area contributed by atoms with Crippen molar-refractivity contribution in [3.05, 3.63) is 34.9 Å². The molecule has 0 aromatic heterocycles. The lowest BCUT2D eigenvalue weighted by molar-refractivity contribution is -0.148. The zero-order chi connectivity index (χ0) is 19.6. The summed E-state index contributed by atoms with van der Waals surface area (Å²) >= 11 is 0. The fourth-order valence-electron chi connectivity index (χ4n) is 3.63. The van der Waals surface area contributed by atoms with Crippen molar-refractivity contribution < 1.29 is 29.0 Å². The molecule has 1 aromatic rings. The van der Waals surface area contributed by atoms with Crippen LogP contribution in [0.3, 0.4) is 0 Å². The first kappa shape index (κ1) is 19.0. The van der Waals surface area contributed by atoms with Crippen LogP contribution in [-0.2, 0) is 9.53 Å². The maximum absolute atomic E-state index is 12.8. The molecule has 1 heterocycles. The van der Waals surface area contributed by atoms with Crippen LogP contribution in [0.1, 0.15) is 63.2 Å². The standard InChI is InChI=1S/C19H22N2O6/c1-27-15(19(25)26)10-20-16(22)11-7-8-13-14(9-11)18(24)21(17(13)23)12-5-3-2-4-6-12/h7-9,12,15H,2-6,10H2,1H3,(H,20,22)(H,25,26). The molecule has 0 radical (unpaired) electrons. The topological polar surface area (TPSA) is 113 Å². The van der Waals surface area contributed by atoms with Crippen LogP contribution >= 0.6 is 0 Å². The van der Waals surface area contributed by atoms with Crippen LogP contribution in [0.2, 0.25) is 0 Å². The van der Waals surface area contributed by atoms with Gasteiger partial charge >= 0.3 is 5.97 Å². The third-order valence-corrected chi connectivity index (χ3v) is 5.13. The number of benzene rings is 1. The maximum Gasteiger partial charge on any atom is 0.334 e. The summed E-state index contributed by atoms with van der Waals surface area (Å²) in [6.07, 6.45) is 3.57. The van der Waals surface area contributed by atoms with E-state index in [0.717, 1.165) is 32.1 Å². The zero-order valence-electron chi connectivity index (χ0n) is 15.1. The highest BCUT2D eigenvalue weighted by atomic mass is 16.5. The quantitative estimate of drug-likeness (QED) is 0.729. The van der Waals surface area contributed by atoms with Crippen LogP contribution in [0.5, 0.6) is 0 Å². The van der Waals surface area contributed by atoms with Crippen molar-refractivity contribution >= 4 is 23.7 Å². The Morgan fingerprint density at radius 3 is 2.48 bits per heavy atom. The first-order valence-corrected chi connectivity index (χ1v) is 8.99. The van der Waals surface area contributed by atoms with E-state index in [1.165, 1.54) is 30.2 Å². The van der Waals surface area contributed by atoms with Crippen molar-refractivity contribution in [3.8, 4) is 0 Å². The van der Waals surface area contributed by atoms with Crippen LogP contribution < -0.4 is 5.32 Å². The second-order valence-corrected chi connectivity index (χ2v) is 6.81. The number of carbonyl (C=O) groups excluding carboxylic acids is 3. The molecule has 1 atom stereocenters. The highest BCUT2D eigenvalue weighted by molar-refractivity contribution is 6.22. The van der Waals surface area contributed by atoms with Crippen molar-refractivity contribution in [1.29, 1.82) is 0 Å². The minimum atomic E-state index is -1.18. The molecule has 1 saturated carbocycles. The molecule has 0 bridgehead atoms. The highest BCUT2D eigenvalue weighted by Crippen LogP contribution is 2.31. The van der Waals surface area contributed by atoms with Crippen molar-refractivity contribution in [2.24, 2.45) is 0 Å². The number of fused-ring (bicyclic) bond motifs is 1. The van der Waals surface area contributed by atoms with Crippen LogP contribution in [0, 0.1) is 0 Å². The van der Waals surface area contributed by atoms with Gasteiger partial charge in [-0.05, 0) is 31.0 Å². The van der Waals surface area contributed by atoms with Gasteiger partial charge in [0.15, 0.2) is 6.10 Å². The Morgan fingerprint density at radius 1 is 1.19 bits per heavy atom. The number of hydrogen-bond acceptors (Lipinski definition) is 5. The van der Waals surface area contributed by atoms with E-state index in [-0.39, 0.29) is 35.5 Å². The number of carboxylic acid groups (broad SMARTS) is 1. The van der Waals surface area contributed by atoms with Gasteiger partial charge in [0.2, 0.25) is 0 Å². The summed E-state index contributed by atoms with van der Waals surface area (Å²) in [5, 5.41) is 11.4. The van der Waals surface area contributed by atoms with E-state index in [1.54, 1.807) is 0 Å². The van der Waals surface area contributed by atoms with Gasteiger partial charge in [0, 0.05) is 18.7 Å². The summed E-state index contributed by atoms with van der Waals surface area (Å²) in [5.74, 6) is -2.39. The van der Waals surface area contributed by atoms with Crippen LogP contribution in [0.4, 0.5) is 0 Å². The van der Waals surface area contributed by atoms with E-state index >= 15 is 0 Å². The summed E-state index contributed by atoms with van der Waals surface area (Å²) in [6.45, 7) is -0.206. The first-order valence-electron chi connectivity index (χ1n) is 8.99. The van der Waals surface area contributed by atoms with Gasteiger partial charge in [0.05, 0.1) is 17.7 Å². The van der Waals surface area contributed by atoms with E-state index < -0.39 is 18.0 Å². The maximum atomic E-state index is 12.8. The molecular formula is C19H22N2O6. The van der Waals surface area contributed by atoms with Crippen molar-refractivity contribution in [2.45, 2.75) is 44.2 Å². The normalized spacial score (nSPS) is 18.3. The molecule has 2 aliphatic rings. The van der Waals surface area contributed by atoms with Gasteiger partial charge in [0.25, 0.3) is 17.7 Å². The van der Waals surface area contributed by atoms with E-state index in [1.807, 2.05) is 0 Å². The van der Waals surface area contributed by atoms with Crippen molar-refractivity contribution in [2.75, 3.05) is 13.7 Å². The molecule has 8 nitrogen and oxygen atoms in total. The highest BCUT2D eigenvalue weighted by Gasteiger charge is 2.40. The number of nitrogens with zero attached hydrogens (tertiary/aromatic N) is 1. The minimum Gasteiger partial charge on any atom is -0.479 e. The second-order valence-electron chi connectivity index (χ2n) is 6.81. The number of rotatable bonds is 6. The van der Waals surface area contributed by atoms with E-state index in [0.29, 0.717) is 5.56 Å². The number of imide groups is 1. The molecule has 1 fully saturated rings.